The van der Waals surface area contributed by atoms with E-state index in [0.717, 1.165) is 68.4 Å². The van der Waals surface area contributed by atoms with E-state index in [-0.39, 0.29) is 30.1 Å². The summed E-state index contributed by atoms with van der Waals surface area (Å²) in [7, 11) is 0. The molecule has 1 amide bonds. The molecule has 3 aromatic rings. The number of halogens is 2. The van der Waals surface area contributed by atoms with Gasteiger partial charge in [-0.15, -0.1) is 11.3 Å². The zero-order valence-electron chi connectivity index (χ0n) is 25.2. The summed E-state index contributed by atoms with van der Waals surface area (Å²) < 4.78 is 7.99. The molecule has 2 saturated heterocycles. The smallest absolute Gasteiger partial charge is 0.306 e. The normalized spacial score (nSPS) is 22.7. The van der Waals surface area contributed by atoms with Crippen LogP contribution in [0.25, 0.3) is 10.1 Å². The number of piperidine rings is 1. The van der Waals surface area contributed by atoms with E-state index in [2.05, 4.69) is 15.1 Å². The predicted octanol–water partition coefficient (Wildman–Crippen LogP) is 7.47. The number of carboxylic acids is 1. The van der Waals surface area contributed by atoms with E-state index in [1.807, 2.05) is 29.6 Å². The highest BCUT2D eigenvalue weighted by atomic mass is 35.5. The Morgan fingerprint density at radius 3 is 2.22 bits per heavy atom. The lowest BCUT2D eigenvalue weighted by Crippen LogP contribution is -2.68. The third kappa shape index (κ3) is 6.80. The first-order valence-corrected chi connectivity index (χ1v) is 17.6. The summed E-state index contributed by atoms with van der Waals surface area (Å²) in [5.41, 5.74) is 1.52. The highest BCUT2D eigenvalue weighted by Crippen LogP contribution is 2.38. The Balaban J connectivity index is 1.26. The molecule has 11 heteroatoms. The Hall–Kier alpha value is -2.53. The minimum atomic E-state index is -1.25. The summed E-state index contributed by atoms with van der Waals surface area (Å²) >= 11 is 15.0. The number of amides is 1. The molecule has 45 heavy (non-hydrogen) atoms. The van der Waals surface area contributed by atoms with E-state index in [9.17, 15) is 19.5 Å². The Morgan fingerprint density at radius 1 is 0.911 bits per heavy atom. The van der Waals surface area contributed by atoms with Crippen LogP contribution in [-0.4, -0.2) is 70.7 Å². The zero-order chi connectivity index (χ0) is 31.6. The molecule has 3 heterocycles. The lowest BCUT2D eigenvalue weighted by molar-refractivity contribution is -0.258. The number of hydrogen-bond acceptors (Lipinski definition) is 7. The van der Waals surface area contributed by atoms with Crippen molar-refractivity contribution in [3.63, 3.8) is 0 Å². The van der Waals surface area contributed by atoms with Crippen molar-refractivity contribution in [2.24, 2.45) is 5.92 Å². The lowest BCUT2D eigenvalue weighted by atomic mass is 9.87. The van der Waals surface area contributed by atoms with E-state index in [4.69, 9.17) is 27.9 Å². The molecule has 0 radical (unpaired) electrons. The van der Waals surface area contributed by atoms with Gasteiger partial charge in [-0.25, -0.2) is 0 Å². The molecule has 2 aromatic carbocycles. The number of ether oxygens (including phenoxy) is 1. The first-order valence-electron chi connectivity index (χ1n) is 16.0. The fraction of sp³-hybridized carbons (Fsp3) is 0.500. The number of hydrogen-bond donors (Lipinski definition) is 2. The fourth-order valence-electron chi connectivity index (χ4n) is 7.10. The van der Waals surface area contributed by atoms with E-state index in [1.165, 1.54) is 11.3 Å². The topological polar surface area (TPSA) is 99.2 Å². The van der Waals surface area contributed by atoms with E-state index in [1.54, 1.807) is 12.1 Å². The molecule has 6 rings (SSSR count). The van der Waals surface area contributed by atoms with Crippen molar-refractivity contribution in [3.05, 3.63) is 63.0 Å². The molecule has 3 fully saturated rings. The maximum Gasteiger partial charge on any atom is 0.306 e. The second-order valence-electron chi connectivity index (χ2n) is 12.4. The second-order valence-corrected chi connectivity index (χ2v) is 14.1. The SMILES string of the molecule is O=C(Nc1cc(Cl)c(CC(=O)C(O[C@H]2CC[C@H](C(=O)O)CC2)(N2CCCCC2)N2CCCC2)cc1Cl)c1csc2ccccc12. The number of Topliss-reactive ketones (excluding diaryl/α,β-unsaturated/α-hetero) is 1. The molecule has 1 aliphatic carbocycles. The number of anilines is 1. The Kier molecular flexibility index (Phi) is 10.1. The third-order valence-electron chi connectivity index (χ3n) is 9.50. The lowest BCUT2D eigenvalue weighted by Gasteiger charge is -2.51. The summed E-state index contributed by atoms with van der Waals surface area (Å²) in [6.07, 6.45) is 7.15. The number of ketones is 1. The van der Waals surface area contributed by atoms with Gasteiger partial charge in [0.1, 0.15) is 0 Å². The van der Waals surface area contributed by atoms with E-state index in [0.29, 0.717) is 52.5 Å². The van der Waals surface area contributed by atoms with Crippen molar-refractivity contribution in [2.75, 3.05) is 31.5 Å². The van der Waals surface area contributed by atoms with Crippen molar-refractivity contribution in [2.45, 2.75) is 76.2 Å². The monoisotopic (exact) mass is 671 g/mol. The van der Waals surface area contributed by atoms with Crippen LogP contribution in [0.15, 0.2) is 41.8 Å². The molecule has 2 N–H and O–H groups in total. The summed E-state index contributed by atoms with van der Waals surface area (Å²) in [5.74, 6) is -2.75. The number of likely N-dealkylation sites (tertiary alicyclic amines) is 2. The van der Waals surface area contributed by atoms with Gasteiger partial charge in [0.15, 0.2) is 5.78 Å². The minimum Gasteiger partial charge on any atom is -0.481 e. The highest BCUT2D eigenvalue weighted by Gasteiger charge is 2.52. The van der Waals surface area contributed by atoms with Crippen LogP contribution in [0.3, 0.4) is 0 Å². The van der Waals surface area contributed by atoms with Gasteiger partial charge in [0, 0.05) is 53.1 Å². The summed E-state index contributed by atoms with van der Waals surface area (Å²) in [6.45, 7) is 3.01. The molecule has 240 valence electrons. The van der Waals surface area contributed by atoms with Gasteiger partial charge < -0.3 is 15.2 Å². The van der Waals surface area contributed by atoms with E-state index < -0.39 is 11.8 Å². The highest BCUT2D eigenvalue weighted by molar-refractivity contribution is 7.17. The van der Waals surface area contributed by atoms with Crippen molar-refractivity contribution < 1.29 is 24.2 Å². The number of nitrogens with zero attached hydrogens (tertiary/aromatic N) is 2. The van der Waals surface area contributed by atoms with Crippen LogP contribution in [0.2, 0.25) is 10.0 Å². The van der Waals surface area contributed by atoms with Crippen molar-refractivity contribution in [3.8, 4) is 0 Å². The largest absolute Gasteiger partial charge is 0.481 e. The average Bonchev–Trinajstić information content (AvgIpc) is 3.74. The van der Waals surface area contributed by atoms with Gasteiger partial charge in [-0.05, 0) is 75.1 Å². The number of rotatable bonds is 10. The Bertz CT molecular complexity index is 1560. The molecular weight excluding hydrogens is 633 g/mol. The van der Waals surface area contributed by atoms with Crippen LogP contribution in [0.5, 0.6) is 0 Å². The van der Waals surface area contributed by atoms with Gasteiger partial charge in [-0.1, -0.05) is 47.8 Å². The van der Waals surface area contributed by atoms with Gasteiger partial charge in [-0.3, -0.25) is 24.2 Å². The molecule has 8 nitrogen and oxygen atoms in total. The zero-order valence-corrected chi connectivity index (χ0v) is 27.6. The average molecular weight is 673 g/mol. The predicted molar refractivity (Wildman–Crippen MR) is 178 cm³/mol. The van der Waals surface area contributed by atoms with Crippen LogP contribution in [0.1, 0.15) is 73.7 Å². The van der Waals surface area contributed by atoms with Crippen LogP contribution < -0.4 is 5.32 Å². The van der Waals surface area contributed by atoms with Gasteiger partial charge in [-0.2, -0.15) is 0 Å². The van der Waals surface area contributed by atoms with Gasteiger partial charge in [0.25, 0.3) is 5.91 Å². The molecule has 2 aliphatic heterocycles. The molecule has 0 bridgehead atoms. The number of carboxylic acid groups (broad SMARTS) is 1. The first kappa shape index (κ1) is 32.4. The number of thiophene rings is 1. The second kappa shape index (κ2) is 14.1. The quantitative estimate of drug-likeness (QED) is 0.231. The molecular formula is C34H39Cl2N3O5S. The third-order valence-corrected chi connectivity index (χ3v) is 11.1. The number of fused-ring (bicyclic) bond motifs is 1. The summed E-state index contributed by atoms with van der Waals surface area (Å²) in [5, 5.41) is 15.8. The molecule has 0 spiro atoms. The van der Waals surface area contributed by atoms with Gasteiger partial charge >= 0.3 is 5.97 Å². The standard InChI is InChI=1S/C34H39Cl2N3O5S/c35-27-20-29(37-32(41)26-21-45-30-9-3-2-8-25(26)30)28(36)18-23(27)19-31(40)34(39-16-6-7-17-39,38-14-4-1-5-15-38)44-24-12-10-22(11-13-24)33(42)43/h2-3,8-9,18,20-22,24H,1,4-7,10-17,19H2,(H,37,41)(H,42,43)/t22-,24-,34?. The number of carbonyl (C=O) groups is 3. The molecule has 3 aliphatic rings. The van der Waals surface area contributed by atoms with Crippen LogP contribution in [0.4, 0.5) is 5.69 Å². The summed E-state index contributed by atoms with van der Waals surface area (Å²) in [6, 6.07) is 11.0. The maximum atomic E-state index is 14.7. The number of carbonyl (C=O) groups excluding carboxylic acids is 2. The number of aliphatic carboxylic acids is 1. The molecule has 1 aromatic heterocycles. The summed E-state index contributed by atoms with van der Waals surface area (Å²) in [4.78, 5) is 43.9. The number of benzene rings is 2. The van der Waals surface area contributed by atoms with Gasteiger partial charge in [0.05, 0.1) is 28.3 Å². The fourth-order valence-corrected chi connectivity index (χ4v) is 8.50. The number of nitrogens with one attached hydrogen (secondary N) is 1. The Morgan fingerprint density at radius 2 is 1.56 bits per heavy atom. The molecule has 1 atom stereocenters. The van der Waals surface area contributed by atoms with Crippen molar-refractivity contribution >= 4 is 68.0 Å². The van der Waals surface area contributed by atoms with Crippen molar-refractivity contribution in [1.82, 2.24) is 9.80 Å². The molecule has 1 unspecified atom stereocenters. The van der Waals surface area contributed by atoms with Crippen LogP contribution >= 0.6 is 34.5 Å². The van der Waals surface area contributed by atoms with Crippen LogP contribution in [0, 0.1) is 5.92 Å². The van der Waals surface area contributed by atoms with E-state index >= 15 is 0 Å². The van der Waals surface area contributed by atoms with Crippen LogP contribution in [-0.2, 0) is 20.7 Å². The molecule has 1 saturated carbocycles. The maximum absolute atomic E-state index is 14.7. The Labute approximate surface area is 277 Å². The minimum absolute atomic E-state index is 0.0133. The first-order chi connectivity index (χ1) is 21.8. The van der Waals surface area contributed by atoms with Crippen molar-refractivity contribution in [1.29, 1.82) is 0 Å². The van der Waals surface area contributed by atoms with Gasteiger partial charge in [0.2, 0.25) is 5.85 Å².